The van der Waals surface area contributed by atoms with Gasteiger partial charge < -0.3 is 10.5 Å². The summed E-state index contributed by atoms with van der Waals surface area (Å²) in [5.41, 5.74) is 6.59. The molecule has 1 aromatic carbocycles. The summed E-state index contributed by atoms with van der Waals surface area (Å²) in [5, 5.41) is 8.30. The second kappa shape index (κ2) is 4.93. The molecule has 0 aliphatic rings. The molecule has 0 fully saturated rings. The molecule has 2 heterocycles. The molecule has 0 amide bonds. The molecule has 3 aromatic rings. The number of nitrogens with two attached hydrogens (primary N) is 1. The first-order valence-electron chi connectivity index (χ1n) is 5.92. The van der Waals surface area contributed by atoms with E-state index in [4.69, 9.17) is 15.9 Å². The number of benzene rings is 1. The van der Waals surface area contributed by atoms with Gasteiger partial charge in [0.1, 0.15) is 17.3 Å². The van der Waals surface area contributed by atoms with Crippen LogP contribution in [0.25, 0.3) is 10.9 Å². The van der Waals surface area contributed by atoms with Gasteiger partial charge in [-0.25, -0.2) is 4.98 Å². The average molecular weight is 265 g/mol. The highest BCUT2D eigenvalue weighted by Crippen LogP contribution is 2.21. The van der Waals surface area contributed by atoms with Crippen LogP contribution in [0.3, 0.4) is 0 Å². The zero-order valence-corrected chi connectivity index (χ0v) is 10.4. The van der Waals surface area contributed by atoms with E-state index in [-0.39, 0.29) is 11.8 Å². The highest BCUT2D eigenvalue weighted by molar-refractivity contribution is 5.92. The van der Waals surface area contributed by atoms with E-state index in [9.17, 15) is 0 Å². The Morgan fingerprint density at radius 1 is 1.15 bits per heavy atom. The largest absolute Gasteiger partial charge is 0.423 e. The third-order valence-corrected chi connectivity index (χ3v) is 2.68. The van der Waals surface area contributed by atoms with Crippen LogP contribution in [0.5, 0.6) is 11.8 Å². The van der Waals surface area contributed by atoms with Crippen LogP contribution in [-0.4, -0.2) is 20.8 Å². The van der Waals surface area contributed by atoms with E-state index in [1.807, 2.05) is 30.3 Å². The Hall–Kier alpha value is -3.02. The summed E-state index contributed by atoms with van der Waals surface area (Å²) in [4.78, 5) is 12.3. The van der Waals surface area contributed by atoms with Crippen molar-refractivity contribution in [1.29, 1.82) is 5.41 Å². The van der Waals surface area contributed by atoms with E-state index in [1.165, 1.54) is 6.20 Å². The van der Waals surface area contributed by atoms with Gasteiger partial charge >= 0.3 is 6.01 Å². The molecule has 3 rings (SSSR count). The molecule has 0 atom stereocenters. The Kier molecular flexibility index (Phi) is 2.96. The lowest BCUT2D eigenvalue weighted by molar-refractivity contribution is 0.440. The van der Waals surface area contributed by atoms with E-state index in [1.54, 1.807) is 12.3 Å². The minimum Gasteiger partial charge on any atom is -0.423 e. The van der Waals surface area contributed by atoms with E-state index in [0.29, 0.717) is 11.4 Å². The second-order valence-electron chi connectivity index (χ2n) is 4.10. The van der Waals surface area contributed by atoms with Crippen molar-refractivity contribution in [3.05, 3.63) is 54.5 Å². The maximum absolute atomic E-state index is 7.34. The number of aromatic nitrogens is 3. The molecule has 98 valence electrons. The van der Waals surface area contributed by atoms with Crippen molar-refractivity contribution < 1.29 is 4.74 Å². The van der Waals surface area contributed by atoms with Crippen molar-refractivity contribution in [1.82, 2.24) is 15.0 Å². The van der Waals surface area contributed by atoms with Gasteiger partial charge in [0.05, 0.1) is 11.7 Å². The van der Waals surface area contributed by atoms with Gasteiger partial charge in [-0.15, -0.1) is 0 Å². The van der Waals surface area contributed by atoms with Crippen LogP contribution in [0.15, 0.2) is 48.8 Å². The molecule has 3 N–H and O–H groups in total. The van der Waals surface area contributed by atoms with Crippen molar-refractivity contribution in [2.24, 2.45) is 5.73 Å². The number of amidine groups is 1. The molecule has 0 aliphatic carbocycles. The summed E-state index contributed by atoms with van der Waals surface area (Å²) in [6.45, 7) is 0. The first-order valence-corrected chi connectivity index (χ1v) is 5.92. The van der Waals surface area contributed by atoms with Crippen molar-refractivity contribution in [3.8, 4) is 11.8 Å². The Labute approximate surface area is 114 Å². The Morgan fingerprint density at radius 3 is 2.85 bits per heavy atom. The van der Waals surface area contributed by atoms with Crippen LogP contribution >= 0.6 is 0 Å². The SMILES string of the molecule is N=C(N)c1ccnc(Oc2cnc3ccccc3c2)n1. The molecule has 0 bridgehead atoms. The number of nitrogens with zero attached hydrogens (tertiary/aromatic N) is 3. The zero-order valence-electron chi connectivity index (χ0n) is 10.4. The first kappa shape index (κ1) is 12.0. The lowest BCUT2D eigenvalue weighted by atomic mass is 10.2. The van der Waals surface area contributed by atoms with Gasteiger partial charge in [-0.05, 0) is 18.2 Å². The second-order valence-corrected chi connectivity index (χ2v) is 4.10. The summed E-state index contributed by atoms with van der Waals surface area (Å²) in [6, 6.07) is 11.3. The molecule has 6 nitrogen and oxygen atoms in total. The number of nitrogen functional groups attached to an aromatic ring is 1. The number of hydrogen-bond donors (Lipinski definition) is 2. The van der Waals surface area contributed by atoms with Gasteiger partial charge in [0, 0.05) is 11.6 Å². The highest BCUT2D eigenvalue weighted by atomic mass is 16.5. The maximum Gasteiger partial charge on any atom is 0.322 e. The predicted molar refractivity (Wildman–Crippen MR) is 74.9 cm³/mol. The number of ether oxygens (including phenoxy) is 1. The molecule has 0 spiro atoms. The normalized spacial score (nSPS) is 10.4. The summed E-state index contributed by atoms with van der Waals surface area (Å²) in [7, 11) is 0. The lowest BCUT2D eigenvalue weighted by Crippen LogP contribution is -2.13. The van der Waals surface area contributed by atoms with E-state index < -0.39 is 0 Å². The minimum atomic E-state index is -0.131. The quantitative estimate of drug-likeness (QED) is 0.558. The topological polar surface area (TPSA) is 97.8 Å². The average Bonchev–Trinajstić information content (AvgIpc) is 2.47. The molecule has 6 heteroatoms. The van der Waals surface area contributed by atoms with Crippen LogP contribution in [0, 0.1) is 5.41 Å². The molecule has 0 aliphatic heterocycles. The first-order chi connectivity index (χ1) is 9.72. The minimum absolute atomic E-state index is 0.131. The van der Waals surface area contributed by atoms with Gasteiger partial charge in [0.2, 0.25) is 0 Å². The number of pyridine rings is 1. The predicted octanol–water partition coefficient (Wildman–Crippen LogP) is 2.10. The molecule has 0 unspecified atom stereocenters. The number of para-hydroxylation sites is 1. The summed E-state index contributed by atoms with van der Waals surface area (Å²) < 4.78 is 5.54. The van der Waals surface area contributed by atoms with Gasteiger partial charge in [-0.2, -0.15) is 4.98 Å². The van der Waals surface area contributed by atoms with Crippen molar-refractivity contribution in [3.63, 3.8) is 0 Å². The van der Waals surface area contributed by atoms with Crippen molar-refractivity contribution >= 4 is 16.7 Å². The summed E-state index contributed by atoms with van der Waals surface area (Å²) >= 11 is 0. The molecule has 0 saturated heterocycles. The fraction of sp³-hybridized carbons (Fsp3) is 0. The smallest absolute Gasteiger partial charge is 0.322 e. The Bertz CT molecular complexity index is 787. The molecule has 0 radical (unpaired) electrons. The van der Waals surface area contributed by atoms with Crippen molar-refractivity contribution in [2.75, 3.05) is 0 Å². The molecule has 2 aromatic heterocycles. The van der Waals surface area contributed by atoms with Crippen LogP contribution in [0.1, 0.15) is 5.69 Å². The van der Waals surface area contributed by atoms with Crippen LogP contribution in [0.2, 0.25) is 0 Å². The van der Waals surface area contributed by atoms with Gasteiger partial charge in [-0.3, -0.25) is 10.4 Å². The lowest BCUT2D eigenvalue weighted by Gasteiger charge is -2.05. The number of hydrogen-bond acceptors (Lipinski definition) is 5. The van der Waals surface area contributed by atoms with Crippen LogP contribution in [0.4, 0.5) is 0 Å². The molecule has 0 saturated carbocycles. The molecular formula is C14H11N5O. The van der Waals surface area contributed by atoms with Crippen LogP contribution in [-0.2, 0) is 0 Å². The summed E-state index contributed by atoms with van der Waals surface area (Å²) in [6.07, 6.45) is 3.10. The molecule has 20 heavy (non-hydrogen) atoms. The maximum atomic E-state index is 7.34. The fourth-order valence-corrected chi connectivity index (χ4v) is 1.75. The fourth-order valence-electron chi connectivity index (χ4n) is 1.75. The Morgan fingerprint density at radius 2 is 2.00 bits per heavy atom. The number of nitrogens with one attached hydrogen (secondary N) is 1. The van der Waals surface area contributed by atoms with Gasteiger partial charge in [0.15, 0.2) is 0 Å². The number of rotatable bonds is 3. The van der Waals surface area contributed by atoms with Crippen molar-refractivity contribution in [2.45, 2.75) is 0 Å². The standard InChI is InChI=1S/C14H11N5O/c15-13(16)12-5-6-17-14(19-12)20-10-7-9-3-1-2-4-11(9)18-8-10/h1-8H,(H3,15,16). The summed E-state index contributed by atoms with van der Waals surface area (Å²) in [5.74, 6) is 0.401. The monoisotopic (exact) mass is 265 g/mol. The third-order valence-electron chi connectivity index (χ3n) is 2.68. The van der Waals surface area contributed by atoms with Gasteiger partial charge in [-0.1, -0.05) is 18.2 Å². The van der Waals surface area contributed by atoms with E-state index in [2.05, 4.69) is 15.0 Å². The van der Waals surface area contributed by atoms with Crippen LogP contribution < -0.4 is 10.5 Å². The van der Waals surface area contributed by atoms with E-state index >= 15 is 0 Å². The van der Waals surface area contributed by atoms with E-state index in [0.717, 1.165) is 10.9 Å². The third kappa shape index (κ3) is 2.39. The zero-order chi connectivity index (χ0) is 13.9. The highest BCUT2D eigenvalue weighted by Gasteiger charge is 2.05. The molecular weight excluding hydrogens is 254 g/mol. The number of fused-ring (bicyclic) bond motifs is 1. The van der Waals surface area contributed by atoms with Gasteiger partial charge in [0.25, 0.3) is 0 Å². The Balaban J connectivity index is 1.92.